The maximum absolute atomic E-state index is 5.97. The smallest absolute Gasteiger partial charge is 0.389 e. The van der Waals surface area contributed by atoms with Crippen molar-refractivity contribution in [3.63, 3.8) is 0 Å². The van der Waals surface area contributed by atoms with E-state index in [4.69, 9.17) is 53.2 Å². The maximum Gasteiger partial charge on any atom is 0.389 e. The lowest BCUT2D eigenvalue weighted by atomic mass is 10.9. The molecule has 0 aliphatic carbocycles. The zero-order valence-corrected chi connectivity index (χ0v) is 13.2. The minimum atomic E-state index is -2.61. The average Bonchev–Trinajstić information content (AvgIpc) is 2.01. The fraction of sp³-hybridized carbons (Fsp3) is 1.00. The molecule has 2 nitrogen and oxygen atoms in total. The van der Waals surface area contributed by atoms with E-state index in [0.29, 0.717) is 25.3 Å². The molecule has 0 spiro atoms. The van der Waals surface area contributed by atoms with Crippen LogP contribution in [0.2, 0.25) is 12.1 Å². The Morgan fingerprint density at radius 3 is 1.29 bits per heavy atom. The Labute approximate surface area is 106 Å². The van der Waals surface area contributed by atoms with Gasteiger partial charge in [-0.1, -0.05) is 0 Å². The molecule has 0 aliphatic rings. The van der Waals surface area contributed by atoms with E-state index in [0.717, 1.165) is 0 Å². The third-order valence-corrected chi connectivity index (χ3v) is 8.58. The summed E-state index contributed by atoms with van der Waals surface area (Å²) in [5, 5.41) is 0. The Kier molecular flexibility index (Phi) is 7.71. The minimum absolute atomic E-state index is 0.503. The Morgan fingerprint density at radius 2 is 1.07 bits per heavy atom. The van der Waals surface area contributed by atoms with Gasteiger partial charge in [0.05, 0.1) is 0 Å². The molecule has 0 fully saturated rings. The van der Waals surface area contributed by atoms with Crippen LogP contribution in [0, 0.1) is 0 Å². The highest BCUT2D eigenvalue weighted by molar-refractivity contribution is 7.45. The van der Waals surface area contributed by atoms with Gasteiger partial charge in [0.15, 0.2) is 0 Å². The lowest BCUT2D eigenvalue weighted by Gasteiger charge is -2.20. The monoisotopic (exact) mass is 314 g/mol. The van der Waals surface area contributed by atoms with Crippen molar-refractivity contribution in [1.82, 2.24) is 0 Å². The second-order valence-corrected chi connectivity index (χ2v) is 15.3. The van der Waals surface area contributed by atoms with Crippen LogP contribution in [0.1, 0.15) is 13.8 Å². The molecule has 86 valence electrons. The van der Waals surface area contributed by atoms with Gasteiger partial charge in [0, 0.05) is 13.2 Å². The first-order valence-corrected chi connectivity index (χ1v) is 12.6. The van der Waals surface area contributed by atoms with E-state index < -0.39 is 13.9 Å². The number of halogens is 4. The van der Waals surface area contributed by atoms with Gasteiger partial charge in [0.1, 0.15) is 0 Å². The van der Waals surface area contributed by atoms with Crippen molar-refractivity contribution in [2.24, 2.45) is 0 Å². The summed E-state index contributed by atoms with van der Waals surface area (Å²) in [5.74, 6) is 0. The van der Waals surface area contributed by atoms with Crippen molar-refractivity contribution in [2.75, 3.05) is 13.2 Å². The molecule has 0 aromatic rings. The highest BCUT2D eigenvalue weighted by Crippen LogP contribution is 2.31. The molecule has 0 radical (unpaired) electrons. The highest BCUT2D eigenvalue weighted by atomic mass is 35.7. The van der Waals surface area contributed by atoms with Crippen LogP contribution in [-0.2, 0) is 8.85 Å². The fourth-order valence-corrected chi connectivity index (χ4v) is 9.03. The molecule has 0 saturated carbocycles. The number of rotatable bonds is 7. The first-order valence-electron chi connectivity index (χ1n) is 4.36. The summed E-state index contributed by atoms with van der Waals surface area (Å²) in [4.78, 5) is 0. The quantitative estimate of drug-likeness (QED) is 0.524. The third kappa shape index (κ3) is 7.76. The summed E-state index contributed by atoms with van der Waals surface area (Å²) in [5.41, 5.74) is 0. The largest absolute Gasteiger partial charge is 0.393 e. The zero-order chi connectivity index (χ0) is 11.2. The van der Waals surface area contributed by atoms with E-state index in [1.807, 2.05) is 13.8 Å². The molecular formula is C6H14Cl4O2Si2. The van der Waals surface area contributed by atoms with Crippen LogP contribution < -0.4 is 0 Å². The number of hydrogen-bond donors (Lipinski definition) is 0. The molecule has 0 atom stereocenters. The van der Waals surface area contributed by atoms with Crippen molar-refractivity contribution in [3.8, 4) is 0 Å². The molecule has 14 heavy (non-hydrogen) atoms. The molecule has 0 aromatic heterocycles. The van der Waals surface area contributed by atoms with E-state index in [-0.39, 0.29) is 0 Å². The van der Waals surface area contributed by atoms with Crippen molar-refractivity contribution in [1.29, 1.82) is 0 Å². The van der Waals surface area contributed by atoms with Gasteiger partial charge in [-0.05, 0) is 25.9 Å². The van der Waals surface area contributed by atoms with Gasteiger partial charge in [0.2, 0.25) is 0 Å². The Morgan fingerprint density at radius 1 is 0.786 bits per heavy atom. The second kappa shape index (κ2) is 6.96. The number of hydrogen-bond acceptors (Lipinski definition) is 2. The lowest BCUT2D eigenvalue weighted by molar-refractivity contribution is 0.341. The average molecular weight is 316 g/mol. The van der Waals surface area contributed by atoms with Crippen LogP contribution in [0.3, 0.4) is 0 Å². The van der Waals surface area contributed by atoms with Crippen LogP contribution in [0.25, 0.3) is 0 Å². The molecule has 0 bridgehead atoms. The molecule has 0 heterocycles. The summed E-state index contributed by atoms with van der Waals surface area (Å²) >= 11 is 23.9. The normalized spacial score (nSPS) is 13.3. The van der Waals surface area contributed by atoms with E-state index in [2.05, 4.69) is 0 Å². The van der Waals surface area contributed by atoms with Crippen molar-refractivity contribution < 1.29 is 8.85 Å². The topological polar surface area (TPSA) is 18.5 Å². The third-order valence-electron chi connectivity index (χ3n) is 1.42. The SMILES string of the molecule is CCO[Si](Cl)(Cl)CC[Si](Cl)(Cl)OCC. The predicted octanol–water partition coefficient (Wildman–Crippen LogP) is 3.89. The minimum Gasteiger partial charge on any atom is -0.393 e. The van der Waals surface area contributed by atoms with Gasteiger partial charge in [-0.3, -0.25) is 0 Å². The first-order chi connectivity index (χ1) is 6.33. The summed E-state index contributed by atoms with van der Waals surface area (Å²) in [6.45, 7) is -0.513. The summed E-state index contributed by atoms with van der Waals surface area (Å²) in [6, 6.07) is 1.01. The molecule has 0 unspecified atom stereocenters. The van der Waals surface area contributed by atoms with Crippen molar-refractivity contribution in [2.45, 2.75) is 25.9 Å². The highest BCUT2D eigenvalue weighted by Gasteiger charge is 2.38. The standard InChI is InChI=1S/C6H14Cl4O2Si2/c1-3-11-13(7,8)5-6-14(9,10)12-4-2/h3-6H2,1-2H3. The van der Waals surface area contributed by atoms with Gasteiger partial charge in [-0.2, -0.15) is 0 Å². The van der Waals surface area contributed by atoms with Gasteiger partial charge < -0.3 is 8.85 Å². The van der Waals surface area contributed by atoms with Crippen LogP contribution >= 0.6 is 44.3 Å². The van der Waals surface area contributed by atoms with Gasteiger partial charge >= 0.3 is 13.9 Å². The molecule has 0 aromatic carbocycles. The summed E-state index contributed by atoms with van der Waals surface area (Å²) < 4.78 is 10.4. The van der Waals surface area contributed by atoms with Gasteiger partial charge in [-0.15, -0.1) is 44.3 Å². The molecule has 0 aliphatic heterocycles. The van der Waals surface area contributed by atoms with E-state index in [1.165, 1.54) is 0 Å². The Hall–Kier alpha value is 1.51. The van der Waals surface area contributed by atoms with Crippen LogP contribution in [-0.4, -0.2) is 27.1 Å². The van der Waals surface area contributed by atoms with Crippen LogP contribution in [0.5, 0.6) is 0 Å². The second-order valence-electron chi connectivity index (χ2n) is 2.64. The van der Waals surface area contributed by atoms with Gasteiger partial charge in [0.25, 0.3) is 0 Å². The maximum atomic E-state index is 5.97. The van der Waals surface area contributed by atoms with Crippen LogP contribution in [0.15, 0.2) is 0 Å². The summed E-state index contributed by atoms with van der Waals surface area (Å²) in [7, 11) is 0. The van der Waals surface area contributed by atoms with E-state index in [9.17, 15) is 0 Å². The van der Waals surface area contributed by atoms with E-state index in [1.54, 1.807) is 0 Å². The van der Waals surface area contributed by atoms with Gasteiger partial charge in [-0.25, -0.2) is 0 Å². The molecule has 8 heteroatoms. The summed E-state index contributed by atoms with van der Waals surface area (Å²) in [6.07, 6.45) is 0. The zero-order valence-electron chi connectivity index (χ0n) is 8.16. The molecular weight excluding hydrogens is 302 g/mol. The van der Waals surface area contributed by atoms with Crippen LogP contribution in [0.4, 0.5) is 0 Å². The van der Waals surface area contributed by atoms with E-state index >= 15 is 0 Å². The predicted molar refractivity (Wildman–Crippen MR) is 67.8 cm³/mol. The molecule has 0 N–H and O–H groups in total. The molecule has 0 rings (SSSR count). The fourth-order valence-electron chi connectivity index (χ4n) is 0.858. The molecule has 0 amide bonds. The molecule has 0 saturated heterocycles. The Bertz CT molecular complexity index is 150. The van der Waals surface area contributed by atoms with Crippen molar-refractivity contribution in [3.05, 3.63) is 0 Å². The lowest BCUT2D eigenvalue weighted by Crippen LogP contribution is -2.31. The Balaban J connectivity index is 3.90. The first kappa shape index (κ1) is 15.5. The van der Waals surface area contributed by atoms with Crippen molar-refractivity contribution >= 4 is 58.2 Å².